The third-order valence-corrected chi connectivity index (χ3v) is 3.65. The van der Waals surface area contributed by atoms with Gasteiger partial charge >= 0.3 is 6.03 Å². The van der Waals surface area contributed by atoms with E-state index >= 15 is 0 Å². The second-order valence-corrected chi connectivity index (χ2v) is 4.99. The Morgan fingerprint density at radius 3 is 2.50 bits per heavy atom. The average molecular weight is 277 g/mol. The Labute approximate surface area is 120 Å². The molecule has 2 rings (SSSR count). The highest BCUT2D eigenvalue weighted by molar-refractivity contribution is 5.76. The van der Waals surface area contributed by atoms with E-state index in [0.717, 1.165) is 18.8 Å². The van der Waals surface area contributed by atoms with Gasteiger partial charge in [-0.2, -0.15) is 0 Å². The molecule has 1 aliphatic heterocycles. The molecule has 0 radical (unpaired) electrons. The number of rotatable bonds is 6. The second-order valence-electron chi connectivity index (χ2n) is 4.99. The van der Waals surface area contributed by atoms with E-state index in [0.29, 0.717) is 13.2 Å². The van der Waals surface area contributed by atoms with Crippen LogP contribution in [0.1, 0.15) is 18.5 Å². The molecule has 5 nitrogen and oxygen atoms in total. The van der Waals surface area contributed by atoms with Crippen molar-refractivity contribution in [3.8, 4) is 5.75 Å². The topological polar surface area (TPSA) is 44.8 Å². The van der Waals surface area contributed by atoms with Crippen molar-refractivity contribution in [3.05, 3.63) is 29.8 Å². The minimum absolute atomic E-state index is 0.108. The Balaban J connectivity index is 2.02. The van der Waals surface area contributed by atoms with Crippen molar-refractivity contribution < 1.29 is 9.53 Å². The lowest BCUT2D eigenvalue weighted by molar-refractivity contribution is 0.194. The molecule has 0 aromatic heterocycles. The Morgan fingerprint density at radius 2 is 2.00 bits per heavy atom. The molecule has 5 heteroatoms. The van der Waals surface area contributed by atoms with Gasteiger partial charge in [-0.3, -0.25) is 0 Å². The summed E-state index contributed by atoms with van der Waals surface area (Å²) in [7, 11) is 3.76. The first kappa shape index (κ1) is 14.7. The molecule has 1 aliphatic rings. The zero-order valence-corrected chi connectivity index (χ0v) is 12.4. The Bertz CT molecular complexity index is 447. The van der Waals surface area contributed by atoms with Crippen LogP contribution in [0.15, 0.2) is 24.3 Å². The summed E-state index contributed by atoms with van der Waals surface area (Å²) >= 11 is 0. The zero-order chi connectivity index (χ0) is 14.5. The predicted octanol–water partition coefficient (Wildman–Crippen LogP) is 1.71. The molecule has 1 aromatic carbocycles. The lowest BCUT2D eigenvalue weighted by atomic mass is 10.1. The van der Waals surface area contributed by atoms with Crippen molar-refractivity contribution in [2.24, 2.45) is 0 Å². The highest BCUT2D eigenvalue weighted by atomic mass is 16.5. The van der Waals surface area contributed by atoms with Crippen LogP contribution in [0, 0.1) is 0 Å². The molecule has 0 aliphatic carbocycles. The minimum atomic E-state index is 0.108. The molecule has 1 aromatic rings. The van der Waals surface area contributed by atoms with E-state index in [2.05, 4.69) is 17.4 Å². The number of benzene rings is 1. The summed E-state index contributed by atoms with van der Waals surface area (Å²) in [6.07, 6.45) is 0. The molecular formula is C15H23N3O2. The number of urea groups is 1. The van der Waals surface area contributed by atoms with Crippen molar-refractivity contribution in [1.29, 1.82) is 0 Å². The molecular weight excluding hydrogens is 254 g/mol. The highest BCUT2D eigenvalue weighted by Gasteiger charge is 2.27. The first-order chi connectivity index (χ1) is 9.65. The molecule has 0 saturated carbocycles. The number of amides is 2. The van der Waals surface area contributed by atoms with Gasteiger partial charge in [0.2, 0.25) is 0 Å². The fourth-order valence-corrected chi connectivity index (χ4v) is 2.42. The van der Waals surface area contributed by atoms with E-state index in [9.17, 15) is 4.79 Å². The van der Waals surface area contributed by atoms with Gasteiger partial charge in [-0.25, -0.2) is 4.79 Å². The van der Waals surface area contributed by atoms with E-state index in [1.54, 1.807) is 4.90 Å². The maximum absolute atomic E-state index is 11.9. The van der Waals surface area contributed by atoms with Gasteiger partial charge in [0.05, 0.1) is 6.61 Å². The van der Waals surface area contributed by atoms with Crippen LogP contribution in [0.3, 0.4) is 0 Å². The number of nitrogens with zero attached hydrogens (tertiary/aromatic N) is 2. The molecule has 1 heterocycles. The fraction of sp³-hybridized carbons (Fsp3) is 0.533. The molecule has 2 amide bonds. The number of nitrogens with one attached hydrogen (secondary N) is 1. The van der Waals surface area contributed by atoms with E-state index in [1.165, 1.54) is 5.56 Å². The Morgan fingerprint density at radius 1 is 1.30 bits per heavy atom. The maximum atomic E-state index is 11.9. The van der Waals surface area contributed by atoms with Gasteiger partial charge in [0, 0.05) is 32.7 Å². The zero-order valence-electron chi connectivity index (χ0n) is 12.4. The van der Waals surface area contributed by atoms with Gasteiger partial charge in [0.1, 0.15) is 5.75 Å². The molecule has 1 atom stereocenters. The summed E-state index contributed by atoms with van der Waals surface area (Å²) in [6, 6.07) is 8.30. The predicted molar refractivity (Wildman–Crippen MR) is 79.0 cm³/mol. The summed E-state index contributed by atoms with van der Waals surface area (Å²) in [4.78, 5) is 15.6. The molecule has 1 unspecified atom stereocenters. The summed E-state index contributed by atoms with van der Waals surface area (Å²) in [5.74, 6) is 0.878. The first-order valence-electron chi connectivity index (χ1n) is 7.05. The van der Waals surface area contributed by atoms with Gasteiger partial charge in [-0.1, -0.05) is 12.1 Å². The molecule has 1 fully saturated rings. The lowest BCUT2D eigenvalue weighted by Crippen LogP contribution is -2.36. The SMILES string of the molecule is CCOc1ccc(C(CN2CCN(C)C2=O)NC)cc1. The van der Waals surface area contributed by atoms with Crippen molar-refractivity contribution >= 4 is 6.03 Å². The number of carbonyl (C=O) groups excluding carboxylic acids is 1. The molecule has 0 spiro atoms. The van der Waals surface area contributed by atoms with Crippen LogP contribution >= 0.6 is 0 Å². The third-order valence-electron chi connectivity index (χ3n) is 3.65. The minimum Gasteiger partial charge on any atom is -0.494 e. The molecule has 0 bridgehead atoms. The van der Waals surface area contributed by atoms with Crippen LogP contribution in [0.2, 0.25) is 0 Å². The summed E-state index contributed by atoms with van der Waals surface area (Å²) in [5.41, 5.74) is 1.17. The van der Waals surface area contributed by atoms with Gasteiger partial charge in [0.15, 0.2) is 0 Å². The van der Waals surface area contributed by atoms with Crippen LogP contribution in [0.5, 0.6) is 5.75 Å². The van der Waals surface area contributed by atoms with Crippen LogP contribution in [0.4, 0.5) is 4.79 Å². The molecule has 1 N–H and O–H groups in total. The fourth-order valence-electron chi connectivity index (χ4n) is 2.42. The summed E-state index contributed by atoms with van der Waals surface area (Å²) in [6.45, 7) is 4.93. The number of ether oxygens (including phenoxy) is 1. The lowest BCUT2D eigenvalue weighted by Gasteiger charge is -2.23. The number of likely N-dealkylation sites (N-methyl/N-ethyl adjacent to an activating group) is 2. The number of hydrogen-bond acceptors (Lipinski definition) is 3. The average Bonchev–Trinajstić information content (AvgIpc) is 2.78. The van der Waals surface area contributed by atoms with Crippen LogP contribution < -0.4 is 10.1 Å². The van der Waals surface area contributed by atoms with E-state index in [-0.39, 0.29) is 12.1 Å². The van der Waals surface area contributed by atoms with Crippen molar-refractivity contribution in [2.75, 3.05) is 40.3 Å². The molecule has 1 saturated heterocycles. The van der Waals surface area contributed by atoms with E-state index in [1.807, 2.05) is 38.1 Å². The van der Waals surface area contributed by atoms with E-state index in [4.69, 9.17) is 4.74 Å². The summed E-state index contributed by atoms with van der Waals surface area (Å²) in [5, 5.41) is 3.28. The van der Waals surface area contributed by atoms with Crippen LogP contribution in [0.25, 0.3) is 0 Å². The second kappa shape index (κ2) is 6.61. The monoisotopic (exact) mass is 277 g/mol. The van der Waals surface area contributed by atoms with Crippen molar-refractivity contribution in [2.45, 2.75) is 13.0 Å². The largest absolute Gasteiger partial charge is 0.494 e. The van der Waals surface area contributed by atoms with Gasteiger partial charge in [0.25, 0.3) is 0 Å². The Hall–Kier alpha value is -1.75. The first-order valence-corrected chi connectivity index (χ1v) is 7.05. The van der Waals surface area contributed by atoms with Crippen LogP contribution in [-0.2, 0) is 0 Å². The Kier molecular flexibility index (Phi) is 4.84. The van der Waals surface area contributed by atoms with Gasteiger partial charge in [-0.05, 0) is 31.7 Å². The molecule has 20 heavy (non-hydrogen) atoms. The standard InChI is InChI=1S/C15H23N3O2/c1-4-20-13-7-5-12(6-8-13)14(16-2)11-18-10-9-17(3)15(18)19/h5-8,14,16H,4,9-11H2,1-3H3. The van der Waals surface area contributed by atoms with Gasteiger partial charge in [-0.15, -0.1) is 0 Å². The smallest absolute Gasteiger partial charge is 0.319 e. The number of carbonyl (C=O) groups is 1. The van der Waals surface area contributed by atoms with Crippen molar-refractivity contribution in [3.63, 3.8) is 0 Å². The normalized spacial score (nSPS) is 16.6. The third kappa shape index (κ3) is 3.22. The molecule has 110 valence electrons. The van der Waals surface area contributed by atoms with Crippen molar-refractivity contribution in [1.82, 2.24) is 15.1 Å². The quantitative estimate of drug-likeness (QED) is 0.861. The summed E-state index contributed by atoms with van der Waals surface area (Å²) < 4.78 is 5.45. The van der Waals surface area contributed by atoms with Gasteiger partial charge < -0.3 is 19.9 Å². The number of hydrogen-bond donors (Lipinski definition) is 1. The van der Waals surface area contributed by atoms with E-state index < -0.39 is 0 Å². The van der Waals surface area contributed by atoms with Crippen LogP contribution in [-0.4, -0.2) is 56.2 Å². The highest BCUT2D eigenvalue weighted by Crippen LogP contribution is 2.20. The maximum Gasteiger partial charge on any atom is 0.319 e.